The minimum Gasteiger partial charge on any atom is -0.345 e. The highest BCUT2D eigenvalue weighted by atomic mass is 16.2. The van der Waals surface area contributed by atoms with Crippen molar-refractivity contribution in [3.63, 3.8) is 0 Å². The molecule has 1 aromatic heterocycles. The van der Waals surface area contributed by atoms with Gasteiger partial charge in [0, 0.05) is 31.9 Å². The fraction of sp³-hybridized carbons (Fsp3) is 0.200. The van der Waals surface area contributed by atoms with E-state index in [0.29, 0.717) is 13.0 Å². The van der Waals surface area contributed by atoms with Crippen molar-refractivity contribution in [2.45, 2.75) is 12.8 Å². The Kier molecular flexibility index (Phi) is 4.67. The first kappa shape index (κ1) is 15.2. The molecule has 0 fully saturated rings. The summed E-state index contributed by atoms with van der Waals surface area (Å²) >= 11 is 0. The molecule has 0 unspecified atom stereocenters. The lowest BCUT2D eigenvalue weighted by Gasteiger charge is -2.17. The van der Waals surface area contributed by atoms with Crippen LogP contribution in [0.15, 0.2) is 66.9 Å². The maximum atomic E-state index is 12.5. The van der Waals surface area contributed by atoms with E-state index in [9.17, 15) is 4.79 Å². The van der Waals surface area contributed by atoms with Crippen molar-refractivity contribution < 1.29 is 4.79 Å². The molecule has 23 heavy (non-hydrogen) atoms. The number of likely N-dealkylation sites (N-methyl/N-ethyl adjacent to an activating group) is 1. The molecule has 0 atom stereocenters. The molecule has 0 N–H and O–H groups in total. The number of amides is 1. The van der Waals surface area contributed by atoms with E-state index in [0.717, 1.165) is 23.1 Å². The topological polar surface area (TPSA) is 33.2 Å². The number of rotatable bonds is 5. The highest BCUT2D eigenvalue weighted by Gasteiger charge is 2.11. The lowest BCUT2D eigenvalue weighted by Crippen LogP contribution is -2.30. The normalized spacial score (nSPS) is 10.7. The maximum absolute atomic E-state index is 12.5. The Morgan fingerprint density at radius 1 is 1.00 bits per heavy atom. The van der Waals surface area contributed by atoms with Crippen LogP contribution in [0.5, 0.6) is 0 Å². The second-order valence-electron chi connectivity index (χ2n) is 5.70. The van der Waals surface area contributed by atoms with Gasteiger partial charge < -0.3 is 4.90 Å². The first-order chi connectivity index (χ1) is 11.2. The first-order valence-corrected chi connectivity index (χ1v) is 7.84. The molecule has 3 nitrogen and oxygen atoms in total. The van der Waals surface area contributed by atoms with Crippen LogP contribution < -0.4 is 0 Å². The van der Waals surface area contributed by atoms with Gasteiger partial charge in [-0.2, -0.15) is 0 Å². The van der Waals surface area contributed by atoms with Gasteiger partial charge in [0.1, 0.15) is 0 Å². The summed E-state index contributed by atoms with van der Waals surface area (Å²) in [7, 11) is 1.86. The minimum absolute atomic E-state index is 0.136. The molecule has 2 aromatic carbocycles. The molecule has 1 heterocycles. The van der Waals surface area contributed by atoms with Crippen molar-refractivity contribution in [1.82, 2.24) is 9.88 Å². The van der Waals surface area contributed by atoms with Gasteiger partial charge in [-0.3, -0.25) is 9.78 Å². The molecular formula is C20H20N2O. The molecule has 0 spiro atoms. The quantitative estimate of drug-likeness (QED) is 0.723. The van der Waals surface area contributed by atoms with E-state index in [1.165, 1.54) is 5.39 Å². The van der Waals surface area contributed by atoms with Crippen molar-refractivity contribution in [3.8, 4) is 0 Å². The molecule has 0 bridgehead atoms. The van der Waals surface area contributed by atoms with Crippen LogP contribution in [0.3, 0.4) is 0 Å². The summed E-state index contributed by atoms with van der Waals surface area (Å²) in [5.74, 6) is 0.136. The maximum Gasteiger partial charge on any atom is 0.226 e. The predicted molar refractivity (Wildman–Crippen MR) is 93.2 cm³/mol. The van der Waals surface area contributed by atoms with Crippen LogP contribution in [0.2, 0.25) is 0 Å². The summed E-state index contributed by atoms with van der Waals surface area (Å²) in [5.41, 5.74) is 2.09. The van der Waals surface area contributed by atoms with Crippen molar-refractivity contribution in [1.29, 1.82) is 0 Å². The zero-order valence-corrected chi connectivity index (χ0v) is 13.3. The molecule has 0 saturated heterocycles. The van der Waals surface area contributed by atoms with Crippen LogP contribution in [-0.4, -0.2) is 29.4 Å². The van der Waals surface area contributed by atoms with Crippen LogP contribution in [0, 0.1) is 0 Å². The third-order valence-corrected chi connectivity index (χ3v) is 4.08. The minimum atomic E-state index is 0.136. The Hall–Kier alpha value is -2.68. The Balaban J connectivity index is 1.66. The largest absolute Gasteiger partial charge is 0.345 e. The molecule has 3 heteroatoms. The lowest BCUT2D eigenvalue weighted by molar-refractivity contribution is -0.129. The van der Waals surface area contributed by atoms with Crippen molar-refractivity contribution in [2.24, 2.45) is 0 Å². The summed E-state index contributed by atoms with van der Waals surface area (Å²) in [6.07, 6.45) is 2.99. The number of carbonyl (C=O) groups is 1. The fourth-order valence-corrected chi connectivity index (χ4v) is 2.70. The lowest BCUT2D eigenvalue weighted by atomic mass is 10.0. The highest BCUT2D eigenvalue weighted by molar-refractivity contribution is 5.90. The number of aromatic nitrogens is 1. The number of hydrogen-bond donors (Lipinski definition) is 0. The predicted octanol–water partition coefficient (Wildman–Crippen LogP) is 3.48. The second-order valence-corrected chi connectivity index (χ2v) is 5.70. The summed E-state index contributed by atoms with van der Waals surface area (Å²) in [6.45, 7) is 0.681. The number of carbonyl (C=O) groups excluding carboxylic acids is 1. The van der Waals surface area contributed by atoms with E-state index < -0.39 is 0 Å². The van der Waals surface area contributed by atoms with Crippen LogP contribution in [0.4, 0.5) is 0 Å². The standard InChI is InChI=1S/C20H20N2O/c1-22(14-12-18-10-4-5-13-21-18)20(23)15-17-9-6-8-16-7-2-3-11-19(16)17/h2-11,13H,12,14-15H2,1H3. The molecule has 3 rings (SSSR count). The summed E-state index contributed by atoms with van der Waals surface area (Å²) in [6, 6.07) is 20.2. The van der Waals surface area contributed by atoms with E-state index in [-0.39, 0.29) is 5.91 Å². The van der Waals surface area contributed by atoms with Crippen molar-refractivity contribution >= 4 is 16.7 Å². The van der Waals surface area contributed by atoms with E-state index in [1.807, 2.05) is 49.5 Å². The molecular weight excluding hydrogens is 284 g/mol. The number of pyridine rings is 1. The third kappa shape index (κ3) is 3.75. The summed E-state index contributed by atoms with van der Waals surface area (Å²) in [4.78, 5) is 18.6. The Labute approximate surface area is 136 Å². The molecule has 0 saturated carbocycles. The van der Waals surface area contributed by atoms with Crippen LogP contribution in [0.25, 0.3) is 10.8 Å². The summed E-state index contributed by atoms with van der Waals surface area (Å²) < 4.78 is 0. The van der Waals surface area contributed by atoms with E-state index in [1.54, 1.807) is 11.1 Å². The van der Waals surface area contributed by atoms with Crippen LogP contribution in [-0.2, 0) is 17.6 Å². The molecule has 0 radical (unpaired) electrons. The first-order valence-electron chi connectivity index (χ1n) is 7.84. The van der Waals surface area contributed by atoms with Gasteiger partial charge in [-0.05, 0) is 28.5 Å². The van der Waals surface area contributed by atoms with E-state index >= 15 is 0 Å². The van der Waals surface area contributed by atoms with Gasteiger partial charge in [0.2, 0.25) is 5.91 Å². The van der Waals surface area contributed by atoms with Crippen LogP contribution in [0.1, 0.15) is 11.3 Å². The Bertz CT molecular complexity index is 794. The van der Waals surface area contributed by atoms with Gasteiger partial charge in [-0.1, -0.05) is 48.5 Å². The average molecular weight is 304 g/mol. The van der Waals surface area contributed by atoms with Gasteiger partial charge in [0.05, 0.1) is 6.42 Å². The number of nitrogens with zero attached hydrogens (tertiary/aromatic N) is 2. The fourth-order valence-electron chi connectivity index (χ4n) is 2.70. The highest BCUT2D eigenvalue weighted by Crippen LogP contribution is 2.19. The molecule has 0 aliphatic heterocycles. The monoisotopic (exact) mass is 304 g/mol. The Morgan fingerprint density at radius 2 is 1.78 bits per heavy atom. The zero-order chi connectivity index (χ0) is 16.1. The van der Waals surface area contributed by atoms with Gasteiger partial charge in [0.25, 0.3) is 0 Å². The van der Waals surface area contributed by atoms with E-state index in [2.05, 4.69) is 23.2 Å². The van der Waals surface area contributed by atoms with Crippen molar-refractivity contribution in [3.05, 3.63) is 78.1 Å². The third-order valence-electron chi connectivity index (χ3n) is 4.08. The average Bonchev–Trinajstić information content (AvgIpc) is 2.61. The molecule has 3 aromatic rings. The second kappa shape index (κ2) is 7.05. The zero-order valence-electron chi connectivity index (χ0n) is 13.3. The molecule has 0 aliphatic rings. The number of benzene rings is 2. The SMILES string of the molecule is CN(CCc1ccccn1)C(=O)Cc1cccc2ccccc12. The Morgan fingerprint density at radius 3 is 2.61 bits per heavy atom. The number of fused-ring (bicyclic) bond motifs is 1. The van der Waals surface area contributed by atoms with Crippen molar-refractivity contribution in [2.75, 3.05) is 13.6 Å². The molecule has 116 valence electrons. The summed E-state index contributed by atoms with van der Waals surface area (Å²) in [5, 5.41) is 2.33. The van der Waals surface area contributed by atoms with E-state index in [4.69, 9.17) is 0 Å². The van der Waals surface area contributed by atoms with Gasteiger partial charge in [0.15, 0.2) is 0 Å². The van der Waals surface area contributed by atoms with Crippen LogP contribution >= 0.6 is 0 Å². The number of hydrogen-bond acceptors (Lipinski definition) is 2. The molecule has 0 aliphatic carbocycles. The van der Waals surface area contributed by atoms with Gasteiger partial charge >= 0.3 is 0 Å². The van der Waals surface area contributed by atoms with Gasteiger partial charge in [-0.15, -0.1) is 0 Å². The van der Waals surface area contributed by atoms with Gasteiger partial charge in [-0.25, -0.2) is 0 Å². The molecule has 1 amide bonds. The smallest absolute Gasteiger partial charge is 0.226 e.